The van der Waals surface area contributed by atoms with E-state index in [1.165, 1.54) is 11.6 Å². The lowest BCUT2D eigenvalue weighted by Gasteiger charge is -2.19. The molecule has 0 spiro atoms. The van der Waals surface area contributed by atoms with Gasteiger partial charge in [0.25, 0.3) is 0 Å². The maximum atomic E-state index is 11.8. The summed E-state index contributed by atoms with van der Waals surface area (Å²) >= 11 is 0. The van der Waals surface area contributed by atoms with Crippen molar-refractivity contribution in [2.24, 2.45) is 0 Å². The fourth-order valence-electron chi connectivity index (χ4n) is 1.65. The van der Waals surface area contributed by atoms with E-state index < -0.39 is 6.10 Å². The van der Waals surface area contributed by atoms with E-state index in [9.17, 15) is 4.79 Å². The van der Waals surface area contributed by atoms with Gasteiger partial charge in [-0.15, -0.1) is 0 Å². The number of hydrogen-bond acceptors (Lipinski definition) is 3. The van der Waals surface area contributed by atoms with E-state index in [-0.39, 0.29) is 11.2 Å². The zero-order valence-electron chi connectivity index (χ0n) is 13.3. The first-order valence-electron chi connectivity index (χ1n) is 6.86. The van der Waals surface area contributed by atoms with Crippen LogP contribution in [0.5, 0.6) is 5.75 Å². The molecule has 1 rings (SSSR count). The average molecular weight is 275 g/mol. The standard InChI is InChI=1S/C17H25NO2/c1-13(16(19)11-12-18(5)6)20-15-9-7-14(8-10-15)17(2,3)4/h7-13H,1-6H3. The molecule has 0 N–H and O–H groups in total. The minimum Gasteiger partial charge on any atom is -0.483 e. The maximum absolute atomic E-state index is 11.8. The van der Waals surface area contributed by atoms with Crippen molar-refractivity contribution in [1.29, 1.82) is 0 Å². The smallest absolute Gasteiger partial charge is 0.197 e. The Morgan fingerprint density at radius 2 is 1.75 bits per heavy atom. The molecule has 0 aliphatic rings. The second-order valence-electron chi connectivity index (χ2n) is 6.22. The third kappa shape index (κ3) is 5.08. The van der Waals surface area contributed by atoms with Crippen LogP contribution in [0.1, 0.15) is 33.3 Å². The molecule has 0 aliphatic carbocycles. The van der Waals surface area contributed by atoms with Crippen LogP contribution in [0.4, 0.5) is 0 Å². The van der Waals surface area contributed by atoms with Gasteiger partial charge in [-0.3, -0.25) is 4.79 Å². The molecular weight excluding hydrogens is 250 g/mol. The van der Waals surface area contributed by atoms with Gasteiger partial charge in [-0.05, 0) is 30.0 Å². The molecule has 0 saturated carbocycles. The first-order valence-corrected chi connectivity index (χ1v) is 6.86. The molecule has 0 bridgehead atoms. The van der Waals surface area contributed by atoms with E-state index in [4.69, 9.17) is 4.74 Å². The van der Waals surface area contributed by atoms with Crippen molar-refractivity contribution in [2.75, 3.05) is 14.1 Å². The number of rotatable bonds is 5. The lowest BCUT2D eigenvalue weighted by molar-refractivity contribution is -0.120. The van der Waals surface area contributed by atoms with Crippen LogP contribution in [-0.4, -0.2) is 30.9 Å². The van der Waals surface area contributed by atoms with Crippen LogP contribution in [-0.2, 0) is 10.2 Å². The van der Waals surface area contributed by atoms with Crippen LogP contribution in [0.3, 0.4) is 0 Å². The van der Waals surface area contributed by atoms with Crippen molar-refractivity contribution in [3.8, 4) is 5.75 Å². The molecule has 0 aliphatic heterocycles. The van der Waals surface area contributed by atoms with Crippen molar-refractivity contribution >= 4 is 5.78 Å². The van der Waals surface area contributed by atoms with Gasteiger partial charge < -0.3 is 9.64 Å². The topological polar surface area (TPSA) is 29.5 Å². The normalized spacial score (nSPS) is 13.3. The Kier molecular flexibility index (Phi) is 5.37. The zero-order chi connectivity index (χ0) is 15.3. The predicted octanol–water partition coefficient (Wildman–Crippen LogP) is 3.40. The summed E-state index contributed by atoms with van der Waals surface area (Å²) in [5, 5.41) is 0. The van der Waals surface area contributed by atoms with E-state index in [1.54, 1.807) is 13.1 Å². The van der Waals surface area contributed by atoms with Crippen LogP contribution in [0.2, 0.25) is 0 Å². The van der Waals surface area contributed by atoms with Gasteiger partial charge in [0.05, 0.1) is 0 Å². The number of hydrogen-bond donors (Lipinski definition) is 0. The molecule has 1 aromatic carbocycles. The van der Waals surface area contributed by atoms with Gasteiger partial charge in [0.2, 0.25) is 0 Å². The predicted molar refractivity (Wildman–Crippen MR) is 83.1 cm³/mol. The molecule has 0 fully saturated rings. The number of carbonyl (C=O) groups excluding carboxylic acids is 1. The number of benzene rings is 1. The Hall–Kier alpha value is -1.77. The van der Waals surface area contributed by atoms with Gasteiger partial charge in [-0.25, -0.2) is 0 Å². The third-order valence-corrected chi connectivity index (χ3v) is 2.97. The Balaban J connectivity index is 2.67. The maximum Gasteiger partial charge on any atom is 0.197 e. The molecule has 1 unspecified atom stereocenters. The van der Waals surface area contributed by atoms with Crippen LogP contribution in [0, 0.1) is 0 Å². The molecule has 3 nitrogen and oxygen atoms in total. The first-order chi connectivity index (χ1) is 9.20. The van der Waals surface area contributed by atoms with E-state index in [0.29, 0.717) is 0 Å². The Labute approximate surface area is 122 Å². The highest BCUT2D eigenvalue weighted by molar-refractivity contribution is 5.93. The van der Waals surface area contributed by atoms with E-state index in [0.717, 1.165) is 5.75 Å². The molecule has 0 amide bonds. The van der Waals surface area contributed by atoms with Crippen molar-refractivity contribution in [1.82, 2.24) is 4.90 Å². The van der Waals surface area contributed by atoms with E-state index in [1.807, 2.05) is 43.3 Å². The van der Waals surface area contributed by atoms with Crippen molar-refractivity contribution in [3.05, 3.63) is 42.1 Å². The van der Waals surface area contributed by atoms with Crippen LogP contribution in [0.25, 0.3) is 0 Å². The lowest BCUT2D eigenvalue weighted by Crippen LogP contribution is -2.22. The summed E-state index contributed by atoms with van der Waals surface area (Å²) < 4.78 is 5.66. The molecule has 3 heteroatoms. The van der Waals surface area contributed by atoms with Gasteiger partial charge in [0, 0.05) is 26.4 Å². The highest BCUT2D eigenvalue weighted by Gasteiger charge is 2.15. The molecule has 0 saturated heterocycles. The molecule has 1 aromatic rings. The second-order valence-corrected chi connectivity index (χ2v) is 6.22. The zero-order valence-corrected chi connectivity index (χ0v) is 13.3. The average Bonchev–Trinajstić information content (AvgIpc) is 2.35. The highest BCUT2D eigenvalue weighted by atomic mass is 16.5. The summed E-state index contributed by atoms with van der Waals surface area (Å²) in [5.41, 5.74) is 1.37. The summed E-state index contributed by atoms with van der Waals surface area (Å²) in [6, 6.07) is 7.92. The number of carbonyl (C=O) groups is 1. The molecule has 0 aromatic heterocycles. The first kappa shape index (κ1) is 16.3. The molecule has 20 heavy (non-hydrogen) atoms. The van der Waals surface area contributed by atoms with E-state index in [2.05, 4.69) is 20.8 Å². The fourth-order valence-corrected chi connectivity index (χ4v) is 1.65. The molecule has 1 atom stereocenters. The monoisotopic (exact) mass is 275 g/mol. The van der Waals surface area contributed by atoms with Gasteiger partial charge in [0.1, 0.15) is 5.75 Å². The second kappa shape index (κ2) is 6.60. The summed E-state index contributed by atoms with van der Waals surface area (Å²) in [6.07, 6.45) is 2.78. The SMILES string of the molecule is CC(Oc1ccc(C(C)(C)C)cc1)C(=O)C=CN(C)C. The molecule has 0 heterocycles. The summed E-state index contributed by atoms with van der Waals surface area (Å²) in [6.45, 7) is 8.27. The molecule has 110 valence electrons. The van der Waals surface area contributed by atoms with Crippen molar-refractivity contribution < 1.29 is 9.53 Å². The van der Waals surface area contributed by atoms with E-state index >= 15 is 0 Å². The summed E-state index contributed by atoms with van der Waals surface area (Å²) in [4.78, 5) is 13.7. The summed E-state index contributed by atoms with van der Waals surface area (Å²) in [5.74, 6) is 0.677. The van der Waals surface area contributed by atoms with Crippen LogP contribution in [0.15, 0.2) is 36.5 Å². The van der Waals surface area contributed by atoms with Gasteiger partial charge in [-0.1, -0.05) is 32.9 Å². The van der Waals surface area contributed by atoms with Gasteiger partial charge in [0.15, 0.2) is 11.9 Å². The lowest BCUT2D eigenvalue weighted by atomic mass is 9.87. The highest BCUT2D eigenvalue weighted by Crippen LogP contribution is 2.24. The fraction of sp³-hybridized carbons (Fsp3) is 0.471. The molecule has 0 radical (unpaired) electrons. The van der Waals surface area contributed by atoms with Crippen LogP contribution < -0.4 is 4.74 Å². The minimum absolute atomic E-state index is 0.0430. The minimum atomic E-state index is -0.480. The summed E-state index contributed by atoms with van der Waals surface area (Å²) in [7, 11) is 3.75. The van der Waals surface area contributed by atoms with Gasteiger partial charge in [-0.2, -0.15) is 0 Å². The quantitative estimate of drug-likeness (QED) is 0.771. The Morgan fingerprint density at radius 3 is 2.20 bits per heavy atom. The molecular formula is C17H25NO2. The largest absolute Gasteiger partial charge is 0.483 e. The third-order valence-electron chi connectivity index (χ3n) is 2.97. The number of nitrogens with zero attached hydrogens (tertiary/aromatic N) is 1. The van der Waals surface area contributed by atoms with Crippen molar-refractivity contribution in [2.45, 2.75) is 39.2 Å². The number of ether oxygens (including phenoxy) is 1. The van der Waals surface area contributed by atoms with Crippen LogP contribution >= 0.6 is 0 Å². The van der Waals surface area contributed by atoms with Crippen molar-refractivity contribution in [3.63, 3.8) is 0 Å². The Morgan fingerprint density at radius 1 is 1.20 bits per heavy atom. The Bertz CT molecular complexity index is 467. The van der Waals surface area contributed by atoms with Gasteiger partial charge >= 0.3 is 0 Å². The number of ketones is 1.